The molecule has 1 N–H and O–H groups in total. The number of nitrogens with one attached hydrogen (secondary N) is 1. The second kappa shape index (κ2) is 4.98. The van der Waals surface area contributed by atoms with Crippen molar-refractivity contribution < 1.29 is 0 Å². The number of nitrogens with zero attached hydrogens (tertiary/aromatic N) is 2. The van der Waals surface area contributed by atoms with Crippen molar-refractivity contribution in [3.05, 3.63) is 18.1 Å². The fourth-order valence-electron chi connectivity index (χ4n) is 0.853. The molecule has 66 valence electrons. The van der Waals surface area contributed by atoms with Gasteiger partial charge >= 0.3 is 0 Å². The van der Waals surface area contributed by atoms with Gasteiger partial charge in [-0.2, -0.15) is 11.8 Å². The predicted molar refractivity (Wildman–Crippen MR) is 53.6 cm³/mol. The molecule has 3 nitrogen and oxygen atoms in total. The van der Waals surface area contributed by atoms with Crippen molar-refractivity contribution in [2.24, 2.45) is 0 Å². The molecule has 0 aromatic carbocycles. The van der Waals surface area contributed by atoms with Crippen LogP contribution in [0.5, 0.6) is 0 Å². The van der Waals surface area contributed by atoms with Crippen molar-refractivity contribution in [1.82, 2.24) is 9.97 Å². The molecular formula is C8H13N3S. The summed E-state index contributed by atoms with van der Waals surface area (Å²) in [7, 11) is 0. The Bertz CT molecular complexity index is 239. The molecule has 1 rings (SSSR count). The van der Waals surface area contributed by atoms with Gasteiger partial charge in [0.25, 0.3) is 0 Å². The van der Waals surface area contributed by atoms with Crippen molar-refractivity contribution >= 4 is 17.6 Å². The molecule has 0 atom stereocenters. The van der Waals surface area contributed by atoms with E-state index in [-0.39, 0.29) is 0 Å². The lowest BCUT2D eigenvalue weighted by molar-refractivity contribution is 1.08. The normalized spacial score (nSPS) is 9.83. The molecule has 1 heterocycles. The summed E-state index contributed by atoms with van der Waals surface area (Å²) in [6, 6.07) is 0. The summed E-state index contributed by atoms with van der Waals surface area (Å²) in [6.45, 7) is 2.90. The molecule has 0 fully saturated rings. The Balaban J connectivity index is 2.46. The monoisotopic (exact) mass is 183 g/mol. The van der Waals surface area contributed by atoms with Gasteiger partial charge in [-0.1, -0.05) is 0 Å². The van der Waals surface area contributed by atoms with Crippen molar-refractivity contribution in [3.8, 4) is 0 Å². The van der Waals surface area contributed by atoms with E-state index in [0.29, 0.717) is 0 Å². The quantitative estimate of drug-likeness (QED) is 0.719. The summed E-state index contributed by atoms with van der Waals surface area (Å²) >= 11 is 1.82. The summed E-state index contributed by atoms with van der Waals surface area (Å²) in [5, 5.41) is 3.22. The van der Waals surface area contributed by atoms with Crippen LogP contribution < -0.4 is 5.32 Å². The lowest BCUT2D eigenvalue weighted by Crippen LogP contribution is -2.07. The summed E-state index contributed by atoms with van der Waals surface area (Å²) < 4.78 is 0. The van der Waals surface area contributed by atoms with Gasteiger partial charge in [0.05, 0.1) is 5.69 Å². The highest BCUT2D eigenvalue weighted by Crippen LogP contribution is 2.05. The zero-order valence-corrected chi connectivity index (χ0v) is 8.19. The van der Waals surface area contributed by atoms with Gasteiger partial charge in [0.2, 0.25) is 0 Å². The van der Waals surface area contributed by atoms with Crippen LogP contribution in [-0.2, 0) is 0 Å². The number of aryl methyl sites for hydroxylation is 1. The molecule has 1 aromatic heterocycles. The fourth-order valence-corrected chi connectivity index (χ4v) is 1.16. The van der Waals surface area contributed by atoms with Gasteiger partial charge in [0, 0.05) is 24.7 Å². The van der Waals surface area contributed by atoms with E-state index < -0.39 is 0 Å². The highest BCUT2D eigenvalue weighted by atomic mass is 32.2. The lowest BCUT2D eigenvalue weighted by Gasteiger charge is -2.05. The van der Waals surface area contributed by atoms with Gasteiger partial charge in [-0.15, -0.1) is 0 Å². The zero-order chi connectivity index (χ0) is 8.81. The van der Waals surface area contributed by atoms with Gasteiger partial charge < -0.3 is 5.32 Å². The highest BCUT2D eigenvalue weighted by Gasteiger charge is 1.96. The van der Waals surface area contributed by atoms with Crippen LogP contribution in [0.3, 0.4) is 0 Å². The molecule has 0 aliphatic rings. The van der Waals surface area contributed by atoms with Crippen LogP contribution in [0.4, 0.5) is 5.82 Å². The van der Waals surface area contributed by atoms with Gasteiger partial charge in [0.1, 0.15) is 5.82 Å². The molecule has 0 radical (unpaired) electrons. The third-order valence-electron chi connectivity index (χ3n) is 1.48. The standard InChI is InChI=1S/C8H13N3S/c1-7-8(10-4-3-9-7)11-5-6-12-2/h3-4H,5-6H2,1-2H3,(H,10,11). The number of anilines is 1. The van der Waals surface area contributed by atoms with E-state index in [1.54, 1.807) is 12.4 Å². The third kappa shape index (κ3) is 2.70. The first-order valence-corrected chi connectivity index (χ1v) is 5.24. The van der Waals surface area contributed by atoms with Crippen LogP contribution in [0.25, 0.3) is 0 Å². The molecule has 4 heteroatoms. The zero-order valence-electron chi connectivity index (χ0n) is 7.37. The van der Waals surface area contributed by atoms with Crippen LogP contribution >= 0.6 is 11.8 Å². The van der Waals surface area contributed by atoms with Crippen molar-refractivity contribution in [2.75, 3.05) is 23.9 Å². The number of hydrogen-bond donors (Lipinski definition) is 1. The van der Waals surface area contributed by atoms with E-state index in [1.165, 1.54) is 0 Å². The van der Waals surface area contributed by atoms with Crippen LogP contribution in [-0.4, -0.2) is 28.5 Å². The van der Waals surface area contributed by atoms with Gasteiger partial charge in [-0.25, -0.2) is 4.98 Å². The van der Waals surface area contributed by atoms with E-state index in [1.807, 2.05) is 18.7 Å². The minimum Gasteiger partial charge on any atom is -0.368 e. The lowest BCUT2D eigenvalue weighted by atomic mass is 10.4. The number of hydrogen-bond acceptors (Lipinski definition) is 4. The highest BCUT2D eigenvalue weighted by molar-refractivity contribution is 7.98. The predicted octanol–water partition coefficient (Wildman–Crippen LogP) is 1.56. The second-order valence-electron chi connectivity index (χ2n) is 2.41. The summed E-state index contributed by atoms with van der Waals surface area (Å²) in [6.07, 6.45) is 5.49. The molecule has 0 saturated heterocycles. The minimum atomic E-state index is 0.895. The van der Waals surface area contributed by atoms with Crippen LogP contribution in [0, 0.1) is 6.92 Å². The Morgan fingerprint density at radius 1 is 1.42 bits per heavy atom. The fraction of sp³-hybridized carbons (Fsp3) is 0.500. The van der Waals surface area contributed by atoms with E-state index >= 15 is 0 Å². The van der Waals surface area contributed by atoms with E-state index in [0.717, 1.165) is 23.8 Å². The van der Waals surface area contributed by atoms with Crippen LogP contribution in [0.2, 0.25) is 0 Å². The minimum absolute atomic E-state index is 0.895. The smallest absolute Gasteiger partial charge is 0.147 e. The largest absolute Gasteiger partial charge is 0.368 e. The Morgan fingerprint density at radius 3 is 2.83 bits per heavy atom. The van der Waals surface area contributed by atoms with Gasteiger partial charge in [0.15, 0.2) is 0 Å². The number of rotatable bonds is 4. The Labute approximate surface area is 77.0 Å². The molecule has 0 bridgehead atoms. The first kappa shape index (κ1) is 9.32. The van der Waals surface area contributed by atoms with E-state index in [4.69, 9.17) is 0 Å². The molecule has 0 saturated carbocycles. The first-order valence-electron chi connectivity index (χ1n) is 3.85. The Hall–Kier alpha value is -0.770. The first-order chi connectivity index (χ1) is 5.84. The summed E-state index contributed by atoms with van der Waals surface area (Å²) in [5.74, 6) is 1.99. The molecule has 0 aliphatic heterocycles. The van der Waals surface area contributed by atoms with Crippen molar-refractivity contribution in [2.45, 2.75) is 6.92 Å². The summed E-state index contributed by atoms with van der Waals surface area (Å²) in [5.41, 5.74) is 0.957. The maximum Gasteiger partial charge on any atom is 0.147 e. The van der Waals surface area contributed by atoms with Crippen molar-refractivity contribution in [3.63, 3.8) is 0 Å². The average molecular weight is 183 g/mol. The molecule has 0 spiro atoms. The maximum absolute atomic E-state index is 4.17. The topological polar surface area (TPSA) is 37.8 Å². The van der Waals surface area contributed by atoms with Gasteiger partial charge in [-0.05, 0) is 13.2 Å². The number of aromatic nitrogens is 2. The number of thioether (sulfide) groups is 1. The molecule has 12 heavy (non-hydrogen) atoms. The van der Waals surface area contributed by atoms with E-state index in [9.17, 15) is 0 Å². The Morgan fingerprint density at radius 2 is 2.17 bits per heavy atom. The molecule has 0 amide bonds. The third-order valence-corrected chi connectivity index (χ3v) is 2.09. The molecule has 0 aliphatic carbocycles. The second-order valence-corrected chi connectivity index (χ2v) is 3.40. The van der Waals surface area contributed by atoms with Crippen LogP contribution in [0.15, 0.2) is 12.4 Å². The van der Waals surface area contributed by atoms with Crippen LogP contribution in [0.1, 0.15) is 5.69 Å². The van der Waals surface area contributed by atoms with Gasteiger partial charge in [-0.3, -0.25) is 4.98 Å². The Kier molecular flexibility index (Phi) is 3.87. The maximum atomic E-state index is 4.17. The van der Waals surface area contributed by atoms with E-state index in [2.05, 4.69) is 21.5 Å². The molecular weight excluding hydrogens is 170 g/mol. The molecule has 1 aromatic rings. The average Bonchev–Trinajstić information content (AvgIpc) is 2.09. The molecule has 0 unspecified atom stereocenters. The SMILES string of the molecule is CSCCNc1nccnc1C. The summed E-state index contributed by atoms with van der Waals surface area (Å²) in [4.78, 5) is 8.29. The van der Waals surface area contributed by atoms with Crippen molar-refractivity contribution in [1.29, 1.82) is 0 Å².